The van der Waals surface area contributed by atoms with E-state index in [1.165, 1.54) is 0 Å². The Morgan fingerprint density at radius 3 is 2.44 bits per heavy atom. The topological polar surface area (TPSA) is 28.1 Å². The summed E-state index contributed by atoms with van der Waals surface area (Å²) < 4.78 is 0. The second kappa shape index (κ2) is 6.90. The van der Waals surface area contributed by atoms with Gasteiger partial charge in [0.05, 0.1) is 5.70 Å². The Balaban J connectivity index is 1.76. The minimum atomic E-state index is 0.954. The first kappa shape index (κ1) is 15.0. The minimum Gasteiger partial charge on any atom is -0.361 e. The van der Waals surface area contributed by atoms with Crippen LogP contribution in [0.2, 0.25) is 0 Å². The highest BCUT2D eigenvalue weighted by Crippen LogP contribution is 2.28. The molecule has 0 radical (unpaired) electrons. The molecule has 0 aliphatic carbocycles. The molecule has 0 saturated heterocycles. The molecule has 0 fully saturated rings. The van der Waals surface area contributed by atoms with Crippen LogP contribution in [0.4, 0.5) is 0 Å². The summed E-state index contributed by atoms with van der Waals surface area (Å²) in [6, 6.07) is 22.4. The largest absolute Gasteiger partial charge is 0.361 e. The van der Waals surface area contributed by atoms with Gasteiger partial charge in [-0.25, -0.2) is 0 Å². The molecule has 118 valence electrons. The van der Waals surface area contributed by atoms with Crippen molar-refractivity contribution in [3.05, 3.63) is 113 Å². The summed E-state index contributed by atoms with van der Waals surface area (Å²) in [4.78, 5) is 7.77. The average Bonchev–Trinajstić information content (AvgIpc) is 3.36. The Morgan fingerprint density at radius 1 is 0.840 bits per heavy atom. The van der Waals surface area contributed by atoms with Gasteiger partial charge < -0.3 is 4.98 Å². The second-order valence-corrected chi connectivity index (χ2v) is 5.68. The molecule has 1 aliphatic heterocycles. The number of benzene rings is 2. The van der Waals surface area contributed by atoms with E-state index in [9.17, 15) is 0 Å². The van der Waals surface area contributed by atoms with Crippen LogP contribution in [0, 0.1) is 11.8 Å². The number of hydrogen-bond acceptors (Lipinski definition) is 1. The van der Waals surface area contributed by atoms with Gasteiger partial charge in [0.25, 0.3) is 0 Å². The van der Waals surface area contributed by atoms with E-state index in [0.717, 1.165) is 33.7 Å². The van der Waals surface area contributed by atoms with Gasteiger partial charge in [-0.15, -0.1) is 0 Å². The van der Waals surface area contributed by atoms with Crippen molar-refractivity contribution in [1.82, 2.24) is 4.98 Å². The molecule has 2 heterocycles. The van der Waals surface area contributed by atoms with Gasteiger partial charge in [-0.05, 0) is 54.1 Å². The van der Waals surface area contributed by atoms with Gasteiger partial charge >= 0.3 is 0 Å². The van der Waals surface area contributed by atoms with Crippen molar-refractivity contribution >= 4 is 11.8 Å². The maximum absolute atomic E-state index is 4.48. The molecule has 0 amide bonds. The third kappa shape index (κ3) is 3.36. The van der Waals surface area contributed by atoms with Crippen molar-refractivity contribution in [2.45, 2.75) is 0 Å². The van der Waals surface area contributed by atoms with Crippen molar-refractivity contribution in [2.24, 2.45) is 4.99 Å². The zero-order valence-electron chi connectivity index (χ0n) is 13.6. The number of H-pyrrole nitrogens is 1. The second-order valence-electron chi connectivity index (χ2n) is 5.68. The van der Waals surface area contributed by atoms with E-state index in [4.69, 9.17) is 0 Å². The molecule has 4 rings (SSSR count). The number of hydrogen-bond donors (Lipinski definition) is 1. The van der Waals surface area contributed by atoms with E-state index in [1.54, 1.807) is 0 Å². The summed E-state index contributed by atoms with van der Waals surface area (Å²) in [7, 11) is 0. The highest BCUT2D eigenvalue weighted by atomic mass is 14.8. The van der Waals surface area contributed by atoms with Gasteiger partial charge in [0.15, 0.2) is 0 Å². The molecule has 1 aliphatic rings. The van der Waals surface area contributed by atoms with Crippen LogP contribution >= 0.6 is 0 Å². The Kier molecular flexibility index (Phi) is 4.14. The van der Waals surface area contributed by atoms with Gasteiger partial charge in [-0.2, -0.15) is 0 Å². The summed E-state index contributed by atoms with van der Waals surface area (Å²) >= 11 is 0. The monoisotopic (exact) mass is 320 g/mol. The molecule has 3 aromatic rings. The molecular formula is C23H16N2. The normalized spacial score (nSPS) is 14.2. The van der Waals surface area contributed by atoms with Crippen molar-refractivity contribution < 1.29 is 0 Å². The van der Waals surface area contributed by atoms with E-state index >= 15 is 0 Å². The maximum Gasteiger partial charge on any atom is 0.0729 e. The molecule has 2 nitrogen and oxygen atoms in total. The molecule has 1 N–H and O–H groups in total. The summed E-state index contributed by atoms with van der Waals surface area (Å²) in [5.41, 5.74) is 6.18. The van der Waals surface area contributed by atoms with Crippen molar-refractivity contribution in [3.8, 4) is 11.8 Å². The number of aliphatic imine (C=N–C) groups is 1. The molecular weight excluding hydrogens is 304 g/mol. The molecule has 1 aromatic heterocycles. The summed E-state index contributed by atoms with van der Waals surface area (Å²) in [5.74, 6) is 6.47. The van der Waals surface area contributed by atoms with Crippen LogP contribution in [0.5, 0.6) is 0 Å². The lowest BCUT2D eigenvalue weighted by Gasteiger charge is -2.09. The molecule has 0 bridgehead atoms. The van der Waals surface area contributed by atoms with Gasteiger partial charge in [-0.3, -0.25) is 4.99 Å². The van der Waals surface area contributed by atoms with Crippen LogP contribution in [0.1, 0.15) is 22.4 Å². The number of nitrogens with zero attached hydrogens (tertiary/aromatic N) is 1. The molecule has 0 unspecified atom stereocenters. The van der Waals surface area contributed by atoms with Gasteiger partial charge in [0.1, 0.15) is 0 Å². The number of aromatic amines is 1. The summed E-state index contributed by atoms with van der Waals surface area (Å²) in [5, 5.41) is 0. The fraction of sp³-hybridized carbons (Fsp3) is 0. The van der Waals surface area contributed by atoms with Crippen molar-refractivity contribution in [1.29, 1.82) is 0 Å². The lowest BCUT2D eigenvalue weighted by atomic mass is 9.98. The maximum atomic E-state index is 4.48. The smallest absolute Gasteiger partial charge is 0.0729 e. The van der Waals surface area contributed by atoms with Crippen LogP contribution in [0.25, 0.3) is 5.57 Å². The van der Waals surface area contributed by atoms with E-state index in [1.807, 2.05) is 73.1 Å². The fourth-order valence-electron chi connectivity index (χ4n) is 2.79. The molecule has 0 spiro atoms. The SMILES string of the molecule is C(#Cc1cccc(C(=C2C=CC=N2)c2ccc[nH]2)c1)c1ccccc1. The molecule has 0 atom stereocenters. The third-order valence-corrected chi connectivity index (χ3v) is 3.95. The van der Waals surface area contributed by atoms with Crippen LogP contribution in [0.15, 0.2) is 95.8 Å². The number of aromatic nitrogens is 1. The summed E-state index contributed by atoms with van der Waals surface area (Å²) in [6.45, 7) is 0. The zero-order chi connectivity index (χ0) is 16.9. The highest BCUT2D eigenvalue weighted by Gasteiger charge is 2.12. The first-order chi connectivity index (χ1) is 12.4. The Labute approximate surface area is 147 Å². The third-order valence-electron chi connectivity index (χ3n) is 3.95. The fourth-order valence-corrected chi connectivity index (χ4v) is 2.79. The van der Waals surface area contributed by atoms with Crippen LogP contribution < -0.4 is 0 Å². The van der Waals surface area contributed by atoms with Crippen LogP contribution in [0.3, 0.4) is 0 Å². The van der Waals surface area contributed by atoms with E-state index in [2.05, 4.69) is 40.0 Å². The predicted molar refractivity (Wildman–Crippen MR) is 103 cm³/mol. The quantitative estimate of drug-likeness (QED) is 0.656. The lowest BCUT2D eigenvalue weighted by molar-refractivity contribution is 1.32. The number of nitrogens with one attached hydrogen (secondary N) is 1. The number of allylic oxidation sites excluding steroid dienone is 2. The van der Waals surface area contributed by atoms with Gasteiger partial charge in [0.2, 0.25) is 0 Å². The first-order valence-corrected chi connectivity index (χ1v) is 8.16. The van der Waals surface area contributed by atoms with Gasteiger partial charge in [-0.1, -0.05) is 42.2 Å². The Morgan fingerprint density at radius 2 is 1.68 bits per heavy atom. The van der Waals surface area contributed by atoms with Crippen LogP contribution in [-0.2, 0) is 0 Å². The van der Waals surface area contributed by atoms with E-state index in [-0.39, 0.29) is 0 Å². The molecule has 25 heavy (non-hydrogen) atoms. The lowest BCUT2D eigenvalue weighted by Crippen LogP contribution is -1.92. The van der Waals surface area contributed by atoms with Crippen LogP contribution in [-0.4, -0.2) is 11.2 Å². The standard InChI is InChI=1S/C23H16N2/c1-2-7-18(8-3-1)13-14-19-9-4-10-20(17-19)23(21-11-5-15-24-21)22-12-6-16-25-22/h1-12,15-17,24H. The van der Waals surface area contributed by atoms with E-state index < -0.39 is 0 Å². The molecule has 2 aromatic carbocycles. The Bertz CT molecular complexity index is 1010. The first-order valence-electron chi connectivity index (χ1n) is 8.16. The Hall–Kier alpha value is -3.57. The van der Waals surface area contributed by atoms with Crippen molar-refractivity contribution in [3.63, 3.8) is 0 Å². The van der Waals surface area contributed by atoms with E-state index in [0.29, 0.717) is 0 Å². The molecule has 0 saturated carbocycles. The minimum absolute atomic E-state index is 0.954. The predicted octanol–water partition coefficient (Wildman–Crippen LogP) is 4.81. The van der Waals surface area contributed by atoms with Gasteiger partial charge in [0, 0.05) is 34.8 Å². The zero-order valence-corrected chi connectivity index (χ0v) is 13.6. The summed E-state index contributed by atoms with van der Waals surface area (Å²) in [6.07, 6.45) is 7.73. The van der Waals surface area contributed by atoms with Crippen molar-refractivity contribution in [2.75, 3.05) is 0 Å². The average molecular weight is 320 g/mol. The highest BCUT2D eigenvalue weighted by molar-refractivity contribution is 5.88. The molecule has 2 heteroatoms. The number of rotatable bonds is 2.